The third-order valence-electron chi connectivity index (χ3n) is 5.32. The van der Waals surface area contributed by atoms with Crippen molar-refractivity contribution in [3.05, 3.63) is 28.7 Å². The van der Waals surface area contributed by atoms with E-state index >= 15 is 0 Å². The SMILES string of the molecule is C=Cc1cc(OCC(CC)CCCC)c(Br)cc1OCC(CC)CCCC. The highest BCUT2D eigenvalue weighted by Crippen LogP contribution is 2.34. The summed E-state index contributed by atoms with van der Waals surface area (Å²) in [4.78, 5) is 0. The van der Waals surface area contributed by atoms with Crippen molar-refractivity contribution in [2.24, 2.45) is 11.8 Å². The van der Waals surface area contributed by atoms with Gasteiger partial charge < -0.3 is 9.47 Å². The molecule has 1 aromatic rings. The summed E-state index contributed by atoms with van der Waals surface area (Å²) in [5, 5.41) is 0. The lowest BCUT2D eigenvalue weighted by Crippen LogP contribution is -2.13. The maximum absolute atomic E-state index is 6.16. The van der Waals surface area contributed by atoms with Gasteiger partial charge in [-0.15, -0.1) is 0 Å². The van der Waals surface area contributed by atoms with Gasteiger partial charge in [-0.3, -0.25) is 0 Å². The van der Waals surface area contributed by atoms with Crippen molar-refractivity contribution in [2.45, 2.75) is 79.1 Å². The molecule has 0 saturated heterocycles. The fraction of sp³-hybridized carbons (Fsp3) is 0.667. The summed E-state index contributed by atoms with van der Waals surface area (Å²) in [6.07, 6.45) is 11.6. The van der Waals surface area contributed by atoms with Crippen LogP contribution in [-0.2, 0) is 0 Å². The molecule has 0 N–H and O–H groups in total. The second kappa shape index (κ2) is 14.1. The highest BCUT2D eigenvalue weighted by molar-refractivity contribution is 9.10. The first-order valence-corrected chi connectivity index (χ1v) is 11.6. The summed E-state index contributed by atoms with van der Waals surface area (Å²) in [6, 6.07) is 4.08. The monoisotopic (exact) mass is 438 g/mol. The predicted octanol–water partition coefficient (Wildman–Crippen LogP) is 8.28. The molecule has 0 heterocycles. The van der Waals surface area contributed by atoms with Gasteiger partial charge in [-0.1, -0.05) is 78.9 Å². The molecule has 2 nitrogen and oxygen atoms in total. The topological polar surface area (TPSA) is 18.5 Å². The van der Waals surface area contributed by atoms with Gasteiger partial charge in [0.15, 0.2) is 0 Å². The van der Waals surface area contributed by atoms with E-state index in [9.17, 15) is 0 Å². The number of hydrogen-bond donors (Lipinski definition) is 0. The van der Waals surface area contributed by atoms with Crippen molar-refractivity contribution in [1.82, 2.24) is 0 Å². The second-order valence-corrected chi connectivity index (χ2v) is 8.33. The number of benzene rings is 1. The summed E-state index contributed by atoms with van der Waals surface area (Å²) < 4.78 is 13.2. The summed E-state index contributed by atoms with van der Waals surface area (Å²) >= 11 is 3.66. The summed E-state index contributed by atoms with van der Waals surface area (Å²) in [5.74, 6) is 2.99. The van der Waals surface area contributed by atoms with Gasteiger partial charge in [0, 0.05) is 5.56 Å². The Hall–Kier alpha value is -0.960. The minimum absolute atomic E-state index is 0.612. The Morgan fingerprint density at radius 3 is 1.85 bits per heavy atom. The maximum atomic E-state index is 6.16. The van der Waals surface area contributed by atoms with Crippen molar-refractivity contribution in [3.63, 3.8) is 0 Å². The van der Waals surface area contributed by atoms with E-state index in [1.54, 1.807) is 0 Å². The number of halogens is 1. The van der Waals surface area contributed by atoms with Crippen LogP contribution in [0.3, 0.4) is 0 Å². The van der Waals surface area contributed by atoms with Gasteiger partial charge in [0.2, 0.25) is 0 Å². The molecule has 154 valence electrons. The van der Waals surface area contributed by atoms with Gasteiger partial charge in [-0.25, -0.2) is 0 Å². The second-order valence-electron chi connectivity index (χ2n) is 7.48. The van der Waals surface area contributed by atoms with Gasteiger partial charge in [-0.2, -0.15) is 0 Å². The molecular weight excluding hydrogens is 400 g/mol. The standard InChI is InChI=1S/C24H39BrO2/c1-6-11-13-19(8-3)17-26-23-16-22(25)24(15-21(23)10-5)27-18-20(9-4)14-12-7-2/h10,15-16,19-20H,5-9,11-14,17-18H2,1-4H3. The number of unbranched alkanes of at least 4 members (excludes halogenated alkanes) is 2. The normalized spacial score (nSPS) is 13.2. The molecule has 0 amide bonds. The number of rotatable bonds is 15. The average Bonchev–Trinajstić information content (AvgIpc) is 2.69. The Labute approximate surface area is 175 Å². The van der Waals surface area contributed by atoms with Gasteiger partial charge in [-0.05, 0) is 52.7 Å². The smallest absolute Gasteiger partial charge is 0.134 e. The molecule has 0 bridgehead atoms. The van der Waals surface area contributed by atoms with Crippen LogP contribution in [0.25, 0.3) is 6.08 Å². The van der Waals surface area contributed by atoms with Crippen molar-refractivity contribution < 1.29 is 9.47 Å². The molecule has 0 aliphatic rings. The molecule has 0 fully saturated rings. The van der Waals surface area contributed by atoms with Gasteiger partial charge in [0.05, 0.1) is 17.7 Å². The Kier molecular flexibility index (Phi) is 12.6. The van der Waals surface area contributed by atoms with Crippen LogP contribution in [0.2, 0.25) is 0 Å². The zero-order valence-electron chi connectivity index (χ0n) is 17.9. The molecule has 2 atom stereocenters. The molecule has 27 heavy (non-hydrogen) atoms. The summed E-state index contributed by atoms with van der Waals surface area (Å²) in [5.41, 5.74) is 1.00. The highest BCUT2D eigenvalue weighted by Gasteiger charge is 2.14. The van der Waals surface area contributed by atoms with Crippen LogP contribution in [0.15, 0.2) is 23.2 Å². The third kappa shape index (κ3) is 8.72. The maximum Gasteiger partial charge on any atom is 0.134 e. The Bertz CT molecular complexity index is 541. The first-order valence-electron chi connectivity index (χ1n) is 10.8. The molecule has 3 heteroatoms. The van der Waals surface area contributed by atoms with E-state index < -0.39 is 0 Å². The van der Waals surface area contributed by atoms with Crippen LogP contribution in [0.1, 0.15) is 84.6 Å². The molecule has 2 unspecified atom stereocenters. The summed E-state index contributed by atoms with van der Waals surface area (Å²) in [7, 11) is 0. The molecule has 0 radical (unpaired) electrons. The number of ether oxygens (including phenoxy) is 2. The van der Waals surface area contributed by atoms with E-state index in [0.717, 1.165) is 47.6 Å². The van der Waals surface area contributed by atoms with Crippen molar-refractivity contribution in [1.29, 1.82) is 0 Å². The van der Waals surface area contributed by atoms with E-state index in [0.29, 0.717) is 11.8 Å². The van der Waals surface area contributed by atoms with Crippen LogP contribution >= 0.6 is 15.9 Å². The molecule has 0 aromatic heterocycles. The third-order valence-corrected chi connectivity index (χ3v) is 5.94. The lowest BCUT2D eigenvalue weighted by atomic mass is 10.0. The van der Waals surface area contributed by atoms with Crippen LogP contribution < -0.4 is 9.47 Å². The Balaban J connectivity index is 2.75. The molecule has 0 aliphatic carbocycles. The Morgan fingerprint density at radius 2 is 1.41 bits per heavy atom. The van der Waals surface area contributed by atoms with E-state index in [1.165, 1.54) is 38.5 Å². The molecule has 0 spiro atoms. The number of hydrogen-bond acceptors (Lipinski definition) is 2. The average molecular weight is 439 g/mol. The van der Waals surface area contributed by atoms with Crippen molar-refractivity contribution in [3.8, 4) is 11.5 Å². The van der Waals surface area contributed by atoms with E-state index in [-0.39, 0.29) is 0 Å². The van der Waals surface area contributed by atoms with Crippen LogP contribution in [0.4, 0.5) is 0 Å². The van der Waals surface area contributed by atoms with Crippen LogP contribution in [0.5, 0.6) is 11.5 Å². The zero-order chi connectivity index (χ0) is 20.1. The first-order chi connectivity index (χ1) is 13.1. The molecule has 0 saturated carbocycles. The fourth-order valence-corrected chi connectivity index (χ4v) is 3.59. The summed E-state index contributed by atoms with van der Waals surface area (Å²) in [6.45, 7) is 14.5. The minimum atomic E-state index is 0.612. The lowest BCUT2D eigenvalue weighted by molar-refractivity contribution is 0.226. The lowest BCUT2D eigenvalue weighted by Gasteiger charge is -2.19. The minimum Gasteiger partial charge on any atom is -0.493 e. The highest BCUT2D eigenvalue weighted by atomic mass is 79.9. The Morgan fingerprint density at radius 1 is 0.889 bits per heavy atom. The zero-order valence-corrected chi connectivity index (χ0v) is 19.4. The molecule has 0 aliphatic heterocycles. The fourth-order valence-electron chi connectivity index (χ4n) is 3.16. The van der Waals surface area contributed by atoms with E-state index in [4.69, 9.17) is 9.47 Å². The first kappa shape index (κ1) is 24.1. The predicted molar refractivity (Wildman–Crippen MR) is 122 cm³/mol. The largest absolute Gasteiger partial charge is 0.493 e. The van der Waals surface area contributed by atoms with Gasteiger partial charge in [0.1, 0.15) is 11.5 Å². The molecule has 1 aromatic carbocycles. The van der Waals surface area contributed by atoms with Gasteiger partial charge >= 0.3 is 0 Å². The van der Waals surface area contributed by atoms with E-state index in [1.807, 2.05) is 18.2 Å². The van der Waals surface area contributed by atoms with Crippen LogP contribution in [-0.4, -0.2) is 13.2 Å². The molecular formula is C24H39BrO2. The quantitative estimate of drug-likeness (QED) is 0.274. The van der Waals surface area contributed by atoms with Crippen LogP contribution in [0, 0.1) is 11.8 Å². The van der Waals surface area contributed by atoms with Gasteiger partial charge in [0.25, 0.3) is 0 Å². The van der Waals surface area contributed by atoms with E-state index in [2.05, 4.69) is 50.2 Å². The molecule has 1 rings (SSSR count). The van der Waals surface area contributed by atoms with Crippen molar-refractivity contribution in [2.75, 3.05) is 13.2 Å². The van der Waals surface area contributed by atoms with Crippen molar-refractivity contribution >= 4 is 22.0 Å².